The van der Waals surface area contributed by atoms with Crippen LogP contribution in [0.1, 0.15) is 51.5 Å². The third-order valence-corrected chi connectivity index (χ3v) is 10.1. The van der Waals surface area contributed by atoms with Crippen molar-refractivity contribution in [3.63, 3.8) is 0 Å². The molecule has 3 aromatic carbocycles. The highest BCUT2D eigenvalue weighted by Crippen LogP contribution is 2.42. The molecule has 1 N–H and O–H groups in total. The third-order valence-electron chi connectivity index (χ3n) is 8.68. The van der Waals surface area contributed by atoms with Crippen LogP contribution in [0.2, 0.25) is 0 Å². The van der Waals surface area contributed by atoms with Crippen LogP contribution in [0.25, 0.3) is 6.08 Å². The molecule has 0 unspecified atom stereocenters. The lowest BCUT2D eigenvalue weighted by molar-refractivity contribution is -0.146. The molecule has 0 spiro atoms. The Hall–Kier alpha value is -5.78. The minimum atomic E-state index is -1.88. The molecule has 12 nitrogen and oxygen atoms in total. The number of benzene rings is 3. The molecule has 16 heteroatoms. The molecular weight excluding hydrogens is 750 g/mol. The number of carbonyl (C=O) groups is 2. The van der Waals surface area contributed by atoms with E-state index in [0.29, 0.717) is 18.2 Å². The first-order chi connectivity index (χ1) is 27.0. The van der Waals surface area contributed by atoms with E-state index in [-0.39, 0.29) is 65.9 Å². The summed E-state index contributed by atoms with van der Waals surface area (Å²) in [5.41, 5.74) is -1.24. The highest BCUT2D eigenvalue weighted by molar-refractivity contribution is 8.00. The predicted molar refractivity (Wildman–Crippen MR) is 199 cm³/mol. The Kier molecular flexibility index (Phi) is 14.6. The quantitative estimate of drug-likeness (QED) is 0.105. The minimum absolute atomic E-state index is 0.0793. The van der Waals surface area contributed by atoms with Crippen molar-refractivity contribution < 1.29 is 41.7 Å². The maximum Gasteiger partial charge on any atom is 0.339 e. The number of aromatic nitrogens is 3. The van der Waals surface area contributed by atoms with E-state index in [4.69, 9.17) is 24.2 Å². The average Bonchev–Trinajstić information content (AvgIpc) is 3.71. The second kappa shape index (κ2) is 19.7. The van der Waals surface area contributed by atoms with Gasteiger partial charge in [0, 0.05) is 34.6 Å². The lowest BCUT2D eigenvalue weighted by Crippen LogP contribution is -2.47. The Morgan fingerprint density at radius 3 is 2.48 bits per heavy atom. The summed E-state index contributed by atoms with van der Waals surface area (Å²) in [6.07, 6.45) is 8.39. The fourth-order valence-corrected chi connectivity index (χ4v) is 7.13. The van der Waals surface area contributed by atoms with Gasteiger partial charge in [-0.05, 0) is 56.4 Å². The Morgan fingerprint density at radius 1 is 1.05 bits per heavy atom. The summed E-state index contributed by atoms with van der Waals surface area (Å²) in [6, 6.07) is 15.2. The molecule has 1 fully saturated rings. The molecule has 1 aromatic heterocycles. The monoisotopic (exact) mass is 786 g/mol. The van der Waals surface area contributed by atoms with Gasteiger partial charge in [-0.2, -0.15) is 15.6 Å². The van der Waals surface area contributed by atoms with Crippen molar-refractivity contribution in [3.8, 4) is 12.1 Å². The Morgan fingerprint density at radius 2 is 1.80 bits per heavy atom. The molecule has 4 aromatic rings. The molecule has 5 rings (SSSR count). The summed E-state index contributed by atoms with van der Waals surface area (Å²) in [7, 11) is 1.69. The molecule has 0 saturated carbocycles. The number of hydrogen-bond acceptors (Lipinski definition) is 12. The standard InChI is InChI=1S/C40H37F3N6O6S/c1-26(56-32-21-53-38(54-22-32)6-4-3-5-29-9-7-28(19-45)16-35(29)42)40(23-49-25-47-24-48-49,34-12-11-31(41)17-36(34)43)55-39(51)33-15-27(18-44)8-10-30(33)20-52-37(50)13-14-46-2/h3-12,15-17,24-26,32,38,46H,13-14,20-23H2,1-2H3/t26-,32-,38-,40-/m1/s1. The van der Waals surface area contributed by atoms with Crippen LogP contribution in [0.4, 0.5) is 13.2 Å². The van der Waals surface area contributed by atoms with Gasteiger partial charge in [0.1, 0.15) is 36.7 Å². The van der Waals surface area contributed by atoms with Gasteiger partial charge in [0.05, 0.1) is 60.3 Å². The number of ether oxygens (including phenoxy) is 4. The first-order valence-corrected chi connectivity index (χ1v) is 18.3. The largest absolute Gasteiger partial charge is 0.461 e. The van der Waals surface area contributed by atoms with Gasteiger partial charge in [-0.1, -0.05) is 30.4 Å². The van der Waals surface area contributed by atoms with Crippen LogP contribution in [-0.4, -0.2) is 70.3 Å². The van der Waals surface area contributed by atoms with Crippen LogP contribution in [-0.2, 0) is 42.5 Å². The van der Waals surface area contributed by atoms with Crippen LogP contribution in [0.3, 0.4) is 0 Å². The minimum Gasteiger partial charge on any atom is -0.461 e. The van der Waals surface area contributed by atoms with Gasteiger partial charge in [-0.15, -0.1) is 11.8 Å². The van der Waals surface area contributed by atoms with E-state index >= 15 is 4.39 Å². The predicted octanol–water partition coefficient (Wildman–Crippen LogP) is 5.98. The summed E-state index contributed by atoms with van der Waals surface area (Å²) >= 11 is 1.28. The first kappa shape index (κ1) is 41.4. The first-order valence-electron chi connectivity index (χ1n) is 17.3. The molecular formula is C40H37F3N6O6S. The van der Waals surface area contributed by atoms with E-state index in [9.17, 15) is 23.6 Å². The van der Waals surface area contributed by atoms with Gasteiger partial charge in [0.25, 0.3) is 0 Å². The zero-order valence-corrected chi connectivity index (χ0v) is 31.2. The third kappa shape index (κ3) is 10.7. The van der Waals surface area contributed by atoms with Crippen molar-refractivity contribution in [1.82, 2.24) is 20.1 Å². The molecule has 1 saturated heterocycles. The highest BCUT2D eigenvalue weighted by atomic mass is 32.2. The molecule has 2 heterocycles. The van der Waals surface area contributed by atoms with Gasteiger partial charge in [0.15, 0.2) is 11.9 Å². The van der Waals surface area contributed by atoms with Crippen molar-refractivity contribution in [2.45, 2.75) is 48.9 Å². The van der Waals surface area contributed by atoms with Crippen LogP contribution in [0.15, 0.2) is 85.5 Å². The fraction of sp³-hybridized carbons (Fsp3) is 0.300. The van der Waals surface area contributed by atoms with Crippen molar-refractivity contribution in [2.24, 2.45) is 0 Å². The van der Waals surface area contributed by atoms with Gasteiger partial charge in [-0.3, -0.25) is 4.79 Å². The Labute approximate surface area is 325 Å². The molecule has 290 valence electrons. The molecule has 56 heavy (non-hydrogen) atoms. The van der Waals surface area contributed by atoms with E-state index in [0.717, 1.165) is 12.1 Å². The molecule has 0 bridgehead atoms. The molecule has 0 amide bonds. The number of halogens is 3. The molecule has 1 aliphatic rings. The highest BCUT2D eigenvalue weighted by Gasteiger charge is 2.47. The number of carbonyl (C=O) groups excluding carboxylic acids is 2. The SMILES string of the molecule is CNCCC(=O)OCc1ccc(C#N)cc1C(=O)O[C@@](Cn1cncn1)(c1ccc(F)cc1F)[C@@H](C)S[C@H]1CO[C@H](C=CC=Cc2ccc(C#N)cc2F)OC1. The van der Waals surface area contributed by atoms with Crippen molar-refractivity contribution in [2.75, 3.05) is 26.8 Å². The van der Waals surface area contributed by atoms with Gasteiger partial charge in [-0.25, -0.2) is 27.6 Å². The number of thioether (sulfide) groups is 1. The molecule has 2 atom stereocenters. The van der Waals surface area contributed by atoms with Gasteiger partial charge in [0.2, 0.25) is 0 Å². The summed E-state index contributed by atoms with van der Waals surface area (Å²) in [6.45, 7) is 1.87. The molecule has 1 aliphatic heterocycles. The van der Waals surface area contributed by atoms with Crippen molar-refractivity contribution >= 4 is 29.8 Å². The van der Waals surface area contributed by atoms with Crippen LogP contribution in [0, 0.1) is 40.1 Å². The summed E-state index contributed by atoms with van der Waals surface area (Å²) < 4.78 is 69.4. The smallest absolute Gasteiger partial charge is 0.339 e. The fourth-order valence-electron chi connectivity index (χ4n) is 5.77. The van der Waals surface area contributed by atoms with Gasteiger partial charge >= 0.3 is 11.9 Å². The summed E-state index contributed by atoms with van der Waals surface area (Å²) in [4.78, 5) is 30.6. The van der Waals surface area contributed by atoms with E-state index < -0.39 is 46.5 Å². The zero-order chi connectivity index (χ0) is 40.1. The number of allylic oxidation sites excluding steroid dienone is 2. The van der Waals surface area contributed by atoms with E-state index in [2.05, 4.69) is 15.4 Å². The van der Waals surface area contributed by atoms with E-state index in [1.54, 1.807) is 32.2 Å². The normalized spacial score (nSPS) is 17.2. The number of hydrogen-bond donors (Lipinski definition) is 1. The Bertz CT molecular complexity index is 2150. The maximum absolute atomic E-state index is 16.0. The van der Waals surface area contributed by atoms with Crippen LogP contribution in [0.5, 0.6) is 0 Å². The van der Waals surface area contributed by atoms with Crippen molar-refractivity contribution in [1.29, 1.82) is 10.5 Å². The second-order valence-corrected chi connectivity index (χ2v) is 14.2. The van der Waals surface area contributed by atoms with Crippen molar-refractivity contribution in [3.05, 3.63) is 136 Å². The number of nitriles is 2. The van der Waals surface area contributed by atoms with Crippen LogP contribution >= 0.6 is 11.8 Å². The zero-order valence-electron chi connectivity index (χ0n) is 30.4. The molecule has 0 radical (unpaired) electrons. The number of rotatable bonds is 16. The molecule has 0 aliphatic carbocycles. The van der Waals surface area contributed by atoms with E-state index in [1.807, 2.05) is 12.1 Å². The summed E-state index contributed by atoms with van der Waals surface area (Å²) in [5, 5.41) is 24.5. The topological polar surface area (TPSA) is 161 Å². The maximum atomic E-state index is 16.0. The average molecular weight is 787 g/mol. The van der Waals surface area contributed by atoms with Gasteiger partial charge < -0.3 is 24.3 Å². The lowest BCUT2D eigenvalue weighted by Gasteiger charge is -2.40. The van der Waals surface area contributed by atoms with E-state index in [1.165, 1.54) is 71.6 Å². The number of esters is 2. The Balaban J connectivity index is 1.39. The number of nitrogens with zero attached hydrogens (tertiary/aromatic N) is 5. The van der Waals surface area contributed by atoms with Crippen LogP contribution < -0.4 is 5.32 Å². The number of nitrogens with one attached hydrogen (secondary N) is 1. The summed E-state index contributed by atoms with van der Waals surface area (Å²) in [5.74, 6) is -3.84. The second-order valence-electron chi connectivity index (χ2n) is 12.5. The lowest BCUT2D eigenvalue weighted by atomic mass is 9.89.